The van der Waals surface area contributed by atoms with Gasteiger partial charge in [0, 0.05) is 24.3 Å². The Balaban J connectivity index is 2.24. The van der Waals surface area contributed by atoms with Gasteiger partial charge in [0.05, 0.1) is 12.3 Å². The van der Waals surface area contributed by atoms with Crippen molar-refractivity contribution in [2.75, 3.05) is 49.6 Å². The molecule has 9 heteroatoms. The highest BCUT2D eigenvalue weighted by molar-refractivity contribution is 5.97. The van der Waals surface area contributed by atoms with Gasteiger partial charge in [-0.25, -0.2) is 8.78 Å². The van der Waals surface area contributed by atoms with Gasteiger partial charge in [0.15, 0.2) is 0 Å². The van der Waals surface area contributed by atoms with Gasteiger partial charge in [0.1, 0.15) is 12.6 Å². The largest absolute Gasteiger partial charge is 0.370 e. The highest BCUT2D eigenvalue weighted by Gasteiger charge is 2.27. The standard InChI is InChI=1S/C18H26F2N4O3/c1-3-23(4-2)15(10-21)18(26)22-12-5-6-14(13(9-12)17(19)20)24-7-8-27-11-16(24)25/h5-6,9,15,17H,3-4,7-8,10-11,21H2,1-2H3,(H,22,26)/t15-/m0/s1. The molecule has 0 unspecified atom stereocenters. The van der Waals surface area contributed by atoms with E-state index in [0.717, 1.165) is 0 Å². The van der Waals surface area contributed by atoms with Gasteiger partial charge in [0.25, 0.3) is 12.3 Å². The second-order valence-corrected chi connectivity index (χ2v) is 6.13. The minimum Gasteiger partial charge on any atom is -0.370 e. The van der Waals surface area contributed by atoms with Crippen molar-refractivity contribution in [2.45, 2.75) is 26.3 Å². The number of nitrogens with zero attached hydrogens (tertiary/aromatic N) is 2. The van der Waals surface area contributed by atoms with Gasteiger partial charge < -0.3 is 20.7 Å². The summed E-state index contributed by atoms with van der Waals surface area (Å²) >= 11 is 0. The lowest BCUT2D eigenvalue weighted by atomic mass is 10.1. The number of morpholine rings is 1. The smallest absolute Gasteiger partial charge is 0.265 e. The van der Waals surface area contributed by atoms with Crippen LogP contribution in [0.5, 0.6) is 0 Å². The first-order valence-electron chi connectivity index (χ1n) is 8.98. The molecule has 0 spiro atoms. The van der Waals surface area contributed by atoms with Crippen LogP contribution in [0.1, 0.15) is 25.8 Å². The predicted molar refractivity (Wildman–Crippen MR) is 99.0 cm³/mol. The number of nitrogens with one attached hydrogen (secondary N) is 1. The van der Waals surface area contributed by atoms with E-state index in [2.05, 4.69) is 5.32 Å². The number of anilines is 2. The molecule has 1 fully saturated rings. The van der Waals surface area contributed by atoms with Crippen LogP contribution in [0.4, 0.5) is 20.2 Å². The lowest BCUT2D eigenvalue weighted by Crippen LogP contribution is -2.48. The molecule has 150 valence electrons. The average Bonchev–Trinajstić information content (AvgIpc) is 2.66. The fraction of sp³-hybridized carbons (Fsp3) is 0.556. The zero-order valence-corrected chi connectivity index (χ0v) is 15.6. The molecule has 0 radical (unpaired) electrons. The summed E-state index contributed by atoms with van der Waals surface area (Å²) < 4.78 is 32.2. The lowest BCUT2D eigenvalue weighted by Gasteiger charge is -2.29. The van der Waals surface area contributed by atoms with E-state index < -0.39 is 12.5 Å². The summed E-state index contributed by atoms with van der Waals surface area (Å²) in [6, 6.07) is 3.60. The Morgan fingerprint density at radius 1 is 1.37 bits per heavy atom. The third-order valence-corrected chi connectivity index (χ3v) is 4.59. The number of alkyl halides is 2. The fourth-order valence-electron chi connectivity index (χ4n) is 3.14. The molecule has 1 heterocycles. The third kappa shape index (κ3) is 5.00. The Hall–Kier alpha value is -2.10. The molecule has 1 aromatic rings. The number of rotatable bonds is 8. The van der Waals surface area contributed by atoms with Crippen LogP contribution in [0.15, 0.2) is 18.2 Å². The van der Waals surface area contributed by atoms with Gasteiger partial charge in [-0.1, -0.05) is 13.8 Å². The van der Waals surface area contributed by atoms with E-state index >= 15 is 0 Å². The number of likely N-dealkylation sites (N-methyl/N-ethyl adjacent to an activating group) is 1. The predicted octanol–water partition coefficient (Wildman–Crippen LogP) is 1.59. The van der Waals surface area contributed by atoms with Gasteiger partial charge in [-0.05, 0) is 31.3 Å². The van der Waals surface area contributed by atoms with Crippen LogP contribution in [0.25, 0.3) is 0 Å². The van der Waals surface area contributed by atoms with E-state index in [4.69, 9.17) is 10.5 Å². The molecule has 0 bridgehead atoms. The molecule has 27 heavy (non-hydrogen) atoms. The summed E-state index contributed by atoms with van der Waals surface area (Å²) in [4.78, 5) is 27.7. The molecule has 0 aromatic heterocycles. The maximum atomic E-state index is 13.6. The highest BCUT2D eigenvalue weighted by atomic mass is 19.3. The van der Waals surface area contributed by atoms with Gasteiger partial charge >= 0.3 is 0 Å². The topological polar surface area (TPSA) is 87.9 Å². The van der Waals surface area contributed by atoms with E-state index in [1.165, 1.54) is 23.1 Å². The number of hydrogen-bond donors (Lipinski definition) is 2. The SMILES string of the molecule is CCN(CC)[C@@H](CN)C(=O)Nc1ccc(N2CCOCC2=O)c(C(F)F)c1. The number of ether oxygens (including phenoxy) is 1. The van der Waals surface area contributed by atoms with Crippen molar-refractivity contribution in [1.82, 2.24) is 4.90 Å². The van der Waals surface area contributed by atoms with Crippen LogP contribution in [-0.2, 0) is 14.3 Å². The lowest BCUT2D eigenvalue weighted by molar-refractivity contribution is -0.125. The van der Waals surface area contributed by atoms with Crippen molar-refractivity contribution in [3.05, 3.63) is 23.8 Å². The monoisotopic (exact) mass is 384 g/mol. The molecular formula is C18H26F2N4O3. The summed E-state index contributed by atoms with van der Waals surface area (Å²) in [5.74, 6) is -0.721. The fourth-order valence-corrected chi connectivity index (χ4v) is 3.14. The molecule has 1 aliphatic heterocycles. The van der Waals surface area contributed by atoms with Crippen molar-refractivity contribution >= 4 is 23.2 Å². The Bertz CT molecular complexity index is 668. The average molecular weight is 384 g/mol. The Labute approximate surface area is 157 Å². The highest BCUT2D eigenvalue weighted by Crippen LogP contribution is 2.33. The molecule has 2 rings (SSSR count). The van der Waals surface area contributed by atoms with Crippen LogP contribution in [0.2, 0.25) is 0 Å². The zero-order valence-electron chi connectivity index (χ0n) is 15.6. The van der Waals surface area contributed by atoms with Crippen LogP contribution >= 0.6 is 0 Å². The number of carbonyl (C=O) groups excluding carboxylic acids is 2. The summed E-state index contributed by atoms with van der Waals surface area (Å²) in [7, 11) is 0. The second-order valence-electron chi connectivity index (χ2n) is 6.13. The molecule has 2 amide bonds. The molecule has 0 saturated carbocycles. The van der Waals surface area contributed by atoms with Gasteiger partial charge in [0.2, 0.25) is 5.91 Å². The first kappa shape index (κ1) is 21.2. The first-order valence-corrected chi connectivity index (χ1v) is 8.98. The summed E-state index contributed by atoms with van der Waals surface area (Å²) in [6.07, 6.45) is -2.79. The minimum absolute atomic E-state index is 0.121. The van der Waals surface area contributed by atoms with Crippen molar-refractivity contribution in [1.29, 1.82) is 0 Å². The van der Waals surface area contributed by atoms with Crippen molar-refractivity contribution < 1.29 is 23.1 Å². The molecule has 0 aliphatic carbocycles. The van der Waals surface area contributed by atoms with E-state index in [0.29, 0.717) is 13.1 Å². The third-order valence-electron chi connectivity index (χ3n) is 4.59. The molecule has 7 nitrogen and oxygen atoms in total. The summed E-state index contributed by atoms with van der Waals surface area (Å²) in [5.41, 5.74) is 5.78. The quantitative estimate of drug-likeness (QED) is 0.711. The van der Waals surface area contributed by atoms with E-state index in [-0.39, 0.29) is 55.1 Å². The second kappa shape index (κ2) is 9.72. The molecule has 1 atom stereocenters. The number of benzene rings is 1. The molecule has 3 N–H and O–H groups in total. The number of amides is 2. The van der Waals surface area contributed by atoms with Crippen LogP contribution in [0, 0.1) is 0 Å². The Kier molecular flexibility index (Phi) is 7.64. The van der Waals surface area contributed by atoms with Gasteiger partial charge in [-0.2, -0.15) is 0 Å². The Morgan fingerprint density at radius 2 is 2.07 bits per heavy atom. The number of halogens is 2. The number of carbonyl (C=O) groups is 2. The maximum absolute atomic E-state index is 13.6. The summed E-state index contributed by atoms with van der Waals surface area (Å²) in [6.45, 7) is 5.61. The zero-order chi connectivity index (χ0) is 20.0. The number of nitrogens with two attached hydrogens (primary N) is 1. The number of hydrogen-bond acceptors (Lipinski definition) is 5. The van der Waals surface area contributed by atoms with Crippen molar-refractivity contribution in [3.63, 3.8) is 0 Å². The first-order chi connectivity index (χ1) is 12.9. The molecule has 1 aromatic carbocycles. The van der Waals surface area contributed by atoms with Crippen molar-refractivity contribution in [2.24, 2.45) is 5.73 Å². The van der Waals surface area contributed by atoms with E-state index in [1.54, 1.807) is 0 Å². The van der Waals surface area contributed by atoms with Gasteiger partial charge in [-0.15, -0.1) is 0 Å². The Morgan fingerprint density at radius 3 is 2.63 bits per heavy atom. The molecular weight excluding hydrogens is 358 g/mol. The normalized spacial score (nSPS) is 16.1. The molecule has 1 aliphatic rings. The van der Waals surface area contributed by atoms with Crippen LogP contribution in [-0.4, -0.2) is 62.1 Å². The van der Waals surface area contributed by atoms with E-state index in [9.17, 15) is 18.4 Å². The molecule has 1 saturated heterocycles. The van der Waals surface area contributed by atoms with E-state index in [1.807, 2.05) is 18.7 Å². The van der Waals surface area contributed by atoms with Gasteiger partial charge in [-0.3, -0.25) is 14.5 Å². The summed E-state index contributed by atoms with van der Waals surface area (Å²) in [5, 5.41) is 2.66. The van der Waals surface area contributed by atoms with Crippen molar-refractivity contribution in [3.8, 4) is 0 Å². The minimum atomic E-state index is -2.79. The van der Waals surface area contributed by atoms with Crippen LogP contribution < -0.4 is 16.0 Å². The maximum Gasteiger partial charge on any atom is 0.265 e. The van der Waals surface area contributed by atoms with Crippen LogP contribution in [0.3, 0.4) is 0 Å².